The molecule has 0 atom stereocenters. The number of benzene rings is 1. The monoisotopic (exact) mass is 353 g/mol. The lowest BCUT2D eigenvalue weighted by Crippen LogP contribution is -2.23. The predicted octanol–water partition coefficient (Wildman–Crippen LogP) is 3.53. The van der Waals surface area contributed by atoms with Gasteiger partial charge in [0.05, 0.1) is 17.2 Å². The molecule has 0 saturated heterocycles. The second-order valence-electron chi connectivity index (χ2n) is 5.72. The zero-order valence-electron chi connectivity index (χ0n) is 14.3. The lowest BCUT2D eigenvalue weighted by atomic mass is 10.2. The number of nitrogens with zero attached hydrogens (tertiary/aromatic N) is 3. The first-order valence-corrected chi connectivity index (χ1v) is 8.76. The summed E-state index contributed by atoms with van der Waals surface area (Å²) in [6.45, 7) is 6.20. The van der Waals surface area contributed by atoms with Gasteiger partial charge in [0.15, 0.2) is 0 Å². The molecule has 1 aromatic carbocycles. The zero-order chi connectivity index (χ0) is 17.8. The Labute approximate surface area is 150 Å². The van der Waals surface area contributed by atoms with Crippen molar-refractivity contribution in [2.75, 3.05) is 5.32 Å². The number of hydrogen-bond acceptors (Lipinski definition) is 6. The molecule has 2 N–H and O–H groups in total. The molecule has 0 aliphatic rings. The van der Waals surface area contributed by atoms with Gasteiger partial charge in [-0.3, -0.25) is 4.79 Å². The molecular weight excluding hydrogens is 334 g/mol. The Bertz CT molecular complexity index is 886. The van der Waals surface area contributed by atoms with E-state index in [1.165, 1.54) is 0 Å². The van der Waals surface area contributed by atoms with Crippen LogP contribution >= 0.6 is 11.3 Å². The number of thiazole rings is 1. The van der Waals surface area contributed by atoms with Crippen LogP contribution in [-0.4, -0.2) is 20.9 Å². The van der Waals surface area contributed by atoms with Crippen molar-refractivity contribution in [2.45, 2.75) is 27.3 Å². The predicted molar refractivity (Wildman–Crippen MR) is 99.3 cm³/mol. The maximum atomic E-state index is 12.3. The molecule has 0 radical (unpaired) electrons. The van der Waals surface area contributed by atoms with Gasteiger partial charge in [-0.2, -0.15) is 0 Å². The summed E-state index contributed by atoms with van der Waals surface area (Å²) in [4.78, 5) is 25.4. The fraction of sp³-hybridized carbons (Fsp3) is 0.222. The minimum atomic E-state index is -0.143. The molecule has 25 heavy (non-hydrogen) atoms. The van der Waals surface area contributed by atoms with Crippen molar-refractivity contribution in [3.8, 4) is 0 Å². The van der Waals surface area contributed by atoms with E-state index in [1.807, 2.05) is 44.4 Å². The molecule has 3 rings (SSSR count). The molecule has 0 aliphatic heterocycles. The van der Waals surface area contributed by atoms with Crippen molar-refractivity contribution < 1.29 is 4.79 Å². The lowest BCUT2D eigenvalue weighted by molar-refractivity contribution is 0.0950. The van der Waals surface area contributed by atoms with E-state index in [2.05, 4.69) is 25.6 Å². The fourth-order valence-corrected chi connectivity index (χ4v) is 3.02. The molecular formula is C18H19N5OS. The zero-order valence-corrected chi connectivity index (χ0v) is 15.1. The lowest BCUT2D eigenvalue weighted by Gasteiger charge is -2.09. The topological polar surface area (TPSA) is 79.8 Å². The second kappa shape index (κ2) is 7.40. The summed E-state index contributed by atoms with van der Waals surface area (Å²) in [5, 5.41) is 8.97. The average Bonchev–Trinajstić information content (AvgIpc) is 2.97. The highest BCUT2D eigenvalue weighted by molar-refractivity contribution is 7.09. The fourth-order valence-electron chi connectivity index (χ4n) is 2.41. The molecule has 2 aromatic heterocycles. The van der Waals surface area contributed by atoms with Crippen molar-refractivity contribution in [1.82, 2.24) is 20.3 Å². The Balaban J connectivity index is 1.68. The van der Waals surface area contributed by atoms with E-state index in [0.717, 1.165) is 27.8 Å². The molecule has 7 heteroatoms. The van der Waals surface area contributed by atoms with Crippen LogP contribution in [0, 0.1) is 20.8 Å². The highest BCUT2D eigenvalue weighted by Gasteiger charge is 2.08. The van der Waals surface area contributed by atoms with E-state index in [1.54, 1.807) is 23.5 Å². The number of carbonyl (C=O) groups excluding carboxylic acids is 1. The van der Waals surface area contributed by atoms with E-state index in [-0.39, 0.29) is 5.91 Å². The Kier molecular flexibility index (Phi) is 5.04. The van der Waals surface area contributed by atoms with Crippen molar-refractivity contribution in [2.24, 2.45) is 0 Å². The smallest absolute Gasteiger partial charge is 0.251 e. The summed E-state index contributed by atoms with van der Waals surface area (Å²) in [7, 11) is 0. The van der Waals surface area contributed by atoms with Crippen molar-refractivity contribution in [3.05, 3.63) is 63.4 Å². The third-order valence-corrected chi connectivity index (χ3v) is 4.28. The van der Waals surface area contributed by atoms with Crippen LogP contribution in [0.1, 0.15) is 32.4 Å². The van der Waals surface area contributed by atoms with Gasteiger partial charge in [0.1, 0.15) is 0 Å². The first-order chi connectivity index (χ1) is 12.0. The molecule has 6 nitrogen and oxygen atoms in total. The minimum absolute atomic E-state index is 0.143. The highest BCUT2D eigenvalue weighted by Crippen LogP contribution is 2.16. The van der Waals surface area contributed by atoms with Gasteiger partial charge in [-0.1, -0.05) is 6.07 Å². The van der Waals surface area contributed by atoms with Gasteiger partial charge in [-0.05, 0) is 45.0 Å². The van der Waals surface area contributed by atoms with Crippen LogP contribution in [0.3, 0.4) is 0 Å². The Morgan fingerprint density at radius 2 is 1.84 bits per heavy atom. The minimum Gasteiger partial charge on any atom is -0.346 e. The summed E-state index contributed by atoms with van der Waals surface area (Å²) in [6.07, 6.45) is 0. The molecule has 0 saturated carbocycles. The first-order valence-electron chi connectivity index (χ1n) is 7.88. The van der Waals surface area contributed by atoms with Gasteiger partial charge >= 0.3 is 0 Å². The van der Waals surface area contributed by atoms with Crippen molar-refractivity contribution >= 4 is 28.9 Å². The first kappa shape index (κ1) is 17.0. The number of nitrogens with one attached hydrogen (secondary N) is 2. The molecule has 0 unspecified atom stereocenters. The number of aromatic nitrogens is 3. The maximum Gasteiger partial charge on any atom is 0.251 e. The van der Waals surface area contributed by atoms with Crippen LogP contribution in [0.2, 0.25) is 0 Å². The van der Waals surface area contributed by atoms with Crippen LogP contribution in [0.25, 0.3) is 0 Å². The molecule has 0 spiro atoms. The van der Waals surface area contributed by atoms with Crippen LogP contribution in [0.15, 0.2) is 35.7 Å². The average molecular weight is 353 g/mol. The number of hydrogen-bond donors (Lipinski definition) is 2. The summed E-state index contributed by atoms with van der Waals surface area (Å²) >= 11 is 1.57. The number of anilines is 2. The van der Waals surface area contributed by atoms with E-state index in [9.17, 15) is 4.79 Å². The van der Waals surface area contributed by atoms with Gasteiger partial charge in [0, 0.05) is 28.0 Å². The summed E-state index contributed by atoms with van der Waals surface area (Å²) < 4.78 is 0. The number of rotatable bonds is 5. The number of amides is 1. The molecule has 0 aliphatic carbocycles. The Hall–Kier alpha value is -2.80. The molecule has 0 bridgehead atoms. The van der Waals surface area contributed by atoms with E-state index < -0.39 is 0 Å². The second-order valence-corrected chi connectivity index (χ2v) is 6.78. The van der Waals surface area contributed by atoms with E-state index in [4.69, 9.17) is 0 Å². The Morgan fingerprint density at radius 1 is 1.08 bits per heavy atom. The molecule has 2 heterocycles. The summed E-state index contributed by atoms with van der Waals surface area (Å²) in [5.74, 6) is 0.378. The van der Waals surface area contributed by atoms with Crippen molar-refractivity contribution in [1.29, 1.82) is 0 Å². The standard InChI is InChI=1S/C18H19N5OS/c1-11-7-12(2)21-18(20-11)23-15-6-4-5-14(8-15)17(24)19-9-16-10-25-13(3)22-16/h4-8,10H,9H2,1-3H3,(H,19,24)(H,20,21,23). The SMILES string of the molecule is Cc1cc(C)nc(Nc2cccc(C(=O)NCc3csc(C)n3)c2)n1. The highest BCUT2D eigenvalue weighted by atomic mass is 32.1. The molecule has 0 fully saturated rings. The normalized spacial score (nSPS) is 10.5. The maximum absolute atomic E-state index is 12.3. The molecule has 128 valence electrons. The van der Waals surface area contributed by atoms with E-state index >= 15 is 0 Å². The van der Waals surface area contributed by atoms with Crippen LogP contribution in [-0.2, 0) is 6.54 Å². The largest absolute Gasteiger partial charge is 0.346 e. The Morgan fingerprint density at radius 3 is 2.52 bits per heavy atom. The third kappa shape index (κ3) is 4.60. The number of aryl methyl sites for hydroxylation is 3. The third-order valence-electron chi connectivity index (χ3n) is 3.46. The van der Waals surface area contributed by atoms with E-state index in [0.29, 0.717) is 18.1 Å². The van der Waals surface area contributed by atoms with Gasteiger partial charge in [-0.25, -0.2) is 15.0 Å². The quantitative estimate of drug-likeness (QED) is 0.733. The van der Waals surface area contributed by atoms with Gasteiger partial charge in [-0.15, -0.1) is 11.3 Å². The van der Waals surface area contributed by atoms with Gasteiger partial charge in [0.25, 0.3) is 5.91 Å². The summed E-state index contributed by atoms with van der Waals surface area (Å²) in [6, 6.07) is 9.17. The van der Waals surface area contributed by atoms with Crippen LogP contribution in [0.4, 0.5) is 11.6 Å². The molecule has 1 amide bonds. The van der Waals surface area contributed by atoms with Gasteiger partial charge < -0.3 is 10.6 Å². The van der Waals surface area contributed by atoms with Crippen LogP contribution < -0.4 is 10.6 Å². The van der Waals surface area contributed by atoms with Crippen LogP contribution in [0.5, 0.6) is 0 Å². The van der Waals surface area contributed by atoms with Gasteiger partial charge in [0.2, 0.25) is 5.95 Å². The summed E-state index contributed by atoms with van der Waals surface area (Å²) in [5.41, 5.74) is 3.99. The molecule has 3 aromatic rings. The van der Waals surface area contributed by atoms with Crippen molar-refractivity contribution in [3.63, 3.8) is 0 Å². The number of carbonyl (C=O) groups is 1.